The number of methoxy groups -OCH3 is 1. The Kier molecular flexibility index (Phi) is 9.21. The molecule has 0 N–H and O–H groups in total. The number of hydrogen-bond acceptors (Lipinski definition) is 6. The highest BCUT2D eigenvalue weighted by Crippen LogP contribution is 2.23. The van der Waals surface area contributed by atoms with Crippen molar-refractivity contribution in [2.24, 2.45) is 5.92 Å². The molecule has 0 unspecified atom stereocenters. The van der Waals surface area contributed by atoms with Gasteiger partial charge in [0.2, 0.25) is 0 Å². The number of carbonyl (C=O) groups excluding carboxylic acids is 2. The average Bonchev–Trinajstić information content (AvgIpc) is 2.55. The van der Waals surface area contributed by atoms with E-state index in [9.17, 15) is 9.59 Å². The maximum Gasteiger partial charge on any atom is 0.320 e. The van der Waals surface area contributed by atoms with Crippen molar-refractivity contribution in [3.8, 4) is 5.75 Å². The Morgan fingerprint density at radius 2 is 1.61 bits per heavy atom. The summed E-state index contributed by atoms with van der Waals surface area (Å²) < 4.78 is 15.0. The predicted molar refractivity (Wildman–Crippen MR) is 89.7 cm³/mol. The van der Waals surface area contributed by atoms with Crippen LogP contribution >= 0.6 is 11.8 Å². The summed E-state index contributed by atoms with van der Waals surface area (Å²) in [5, 5.41) is 0. The van der Waals surface area contributed by atoms with Gasteiger partial charge < -0.3 is 14.2 Å². The summed E-state index contributed by atoms with van der Waals surface area (Å²) >= 11 is 1.67. The van der Waals surface area contributed by atoms with E-state index in [0.29, 0.717) is 6.42 Å². The van der Waals surface area contributed by atoms with E-state index < -0.39 is 17.9 Å². The molecule has 23 heavy (non-hydrogen) atoms. The first-order chi connectivity index (χ1) is 11.1. The van der Waals surface area contributed by atoms with Gasteiger partial charge in [-0.15, -0.1) is 11.8 Å². The molecule has 0 fully saturated rings. The molecule has 0 aliphatic carbocycles. The maximum absolute atomic E-state index is 11.9. The van der Waals surface area contributed by atoms with Crippen LogP contribution in [0.15, 0.2) is 29.2 Å². The highest BCUT2D eigenvalue weighted by molar-refractivity contribution is 7.99. The Labute approximate surface area is 141 Å². The molecule has 0 amide bonds. The molecule has 5 nitrogen and oxygen atoms in total. The zero-order chi connectivity index (χ0) is 17.1. The zero-order valence-corrected chi connectivity index (χ0v) is 14.7. The number of carbonyl (C=O) groups is 2. The molecular weight excluding hydrogens is 316 g/mol. The van der Waals surface area contributed by atoms with Crippen molar-refractivity contribution >= 4 is 23.7 Å². The first-order valence-corrected chi connectivity index (χ1v) is 8.71. The lowest BCUT2D eigenvalue weighted by atomic mass is 10.0. The minimum atomic E-state index is -0.827. The summed E-state index contributed by atoms with van der Waals surface area (Å²) in [4.78, 5) is 24.8. The normalized spacial score (nSPS) is 10.4. The average molecular weight is 340 g/mol. The molecule has 1 rings (SSSR count). The molecule has 0 aliphatic rings. The Bertz CT molecular complexity index is 468. The Balaban J connectivity index is 2.44. The molecule has 0 radical (unpaired) electrons. The molecule has 0 aliphatic heterocycles. The lowest BCUT2D eigenvalue weighted by molar-refractivity contribution is -0.161. The van der Waals surface area contributed by atoms with Crippen LogP contribution in [-0.4, -0.2) is 38.0 Å². The van der Waals surface area contributed by atoms with E-state index in [4.69, 9.17) is 14.2 Å². The molecule has 0 saturated carbocycles. The molecule has 6 heteroatoms. The van der Waals surface area contributed by atoms with Crippen molar-refractivity contribution in [1.29, 1.82) is 0 Å². The van der Waals surface area contributed by atoms with Gasteiger partial charge in [0, 0.05) is 4.90 Å². The highest BCUT2D eigenvalue weighted by Gasteiger charge is 2.28. The minimum Gasteiger partial charge on any atom is -0.497 e. The van der Waals surface area contributed by atoms with E-state index in [1.807, 2.05) is 24.3 Å². The van der Waals surface area contributed by atoms with Gasteiger partial charge in [0.1, 0.15) is 5.75 Å². The molecule has 0 spiro atoms. The quantitative estimate of drug-likeness (QED) is 0.282. The third-order valence-electron chi connectivity index (χ3n) is 3.11. The van der Waals surface area contributed by atoms with Crippen LogP contribution in [0.3, 0.4) is 0 Å². The summed E-state index contributed by atoms with van der Waals surface area (Å²) in [5.41, 5.74) is 0. The van der Waals surface area contributed by atoms with Crippen LogP contribution in [0.2, 0.25) is 0 Å². The molecular formula is C17H24O5S. The van der Waals surface area contributed by atoms with Gasteiger partial charge in [0.25, 0.3) is 0 Å². The minimum absolute atomic E-state index is 0.259. The van der Waals surface area contributed by atoms with E-state index in [1.165, 1.54) is 0 Å². The summed E-state index contributed by atoms with van der Waals surface area (Å²) in [7, 11) is 1.63. The number of esters is 2. The molecule has 1 aromatic rings. The fourth-order valence-electron chi connectivity index (χ4n) is 1.97. The topological polar surface area (TPSA) is 61.8 Å². The van der Waals surface area contributed by atoms with Gasteiger partial charge in [-0.2, -0.15) is 0 Å². The van der Waals surface area contributed by atoms with Crippen molar-refractivity contribution in [3.05, 3.63) is 24.3 Å². The van der Waals surface area contributed by atoms with Crippen LogP contribution in [0.25, 0.3) is 0 Å². The Morgan fingerprint density at radius 1 is 1.04 bits per heavy atom. The van der Waals surface area contributed by atoms with Gasteiger partial charge in [-0.1, -0.05) is 0 Å². The van der Waals surface area contributed by atoms with Gasteiger partial charge >= 0.3 is 11.9 Å². The van der Waals surface area contributed by atoms with Crippen LogP contribution in [0.5, 0.6) is 5.75 Å². The van der Waals surface area contributed by atoms with Gasteiger partial charge in [0.05, 0.1) is 20.3 Å². The van der Waals surface area contributed by atoms with Gasteiger partial charge in [-0.3, -0.25) is 9.59 Å². The summed E-state index contributed by atoms with van der Waals surface area (Å²) in [5.74, 6) is -0.201. The van der Waals surface area contributed by atoms with Crippen LogP contribution in [0.1, 0.15) is 26.7 Å². The van der Waals surface area contributed by atoms with Crippen molar-refractivity contribution in [3.63, 3.8) is 0 Å². The largest absolute Gasteiger partial charge is 0.497 e. The second kappa shape index (κ2) is 10.9. The van der Waals surface area contributed by atoms with Gasteiger partial charge in [-0.05, 0) is 56.7 Å². The first kappa shape index (κ1) is 19.4. The number of ether oxygens (including phenoxy) is 3. The van der Waals surface area contributed by atoms with E-state index in [-0.39, 0.29) is 13.2 Å². The fourth-order valence-corrected chi connectivity index (χ4v) is 2.84. The second-order valence-corrected chi connectivity index (χ2v) is 5.89. The molecule has 0 saturated heterocycles. The standard InChI is InChI=1S/C17H24O5S/c1-4-21-16(18)15(17(19)22-5-2)7-6-12-23-14-10-8-13(20-3)9-11-14/h8-11,15H,4-7,12H2,1-3H3. The molecule has 0 heterocycles. The lowest BCUT2D eigenvalue weighted by Gasteiger charge is -2.14. The number of hydrogen-bond donors (Lipinski definition) is 0. The lowest BCUT2D eigenvalue weighted by Crippen LogP contribution is -2.28. The monoisotopic (exact) mass is 340 g/mol. The summed E-state index contributed by atoms with van der Waals surface area (Å²) in [6, 6.07) is 7.78. The van der Waals surface area contributed by atoms with Crippen LogP contribution < -0.4 is 4.74 Å². The third-order valence-corrected chi connectivity index (χ3v) is 4.21. The highest BCUT2D eigenvalue weighted by atomic mass is 32.2. The maximum atomic E-state index is 11.9. The zero-order valence-electron chi connectivity index (χ0n) is 13.9. The molecule has 1 aromatic carbocycles. The predicted octanol–water partition coefficient (Wildman–Crippen LogP) is 3.31. The van der Waals surface area contributed by atoms with Gasteiger partial charge in [-0.25, -0.2) is 0 Å². The Morgan fingerprint density at radius 3 is 2.09 bits per heavy atom. The molecule has 0 bridgehead atoms. The van der Waals surface area contributed by atoms with Crippen LogP contribution in [0, 0.1) is 5.92 Å². The summed E-state index contributed by atoms with van der Waals surface area (Å²) in [6.07, 6.45) is 1.15. The van der Waals surface area contributed by atoms with E-state index >= 15 is 0 Å². The number of rotatable bonds is 10. The van der Waals surface area contributed by atoms with Gasteiger partial charge in [0.15, 0.2) is 5.92 Å². The molecule has 0 atom stereocenters. The SMILES string of the molecule is CCOC(=O)C(CCCSc1ccc(OC)cc1)C(=O)OCC. The van der Waals surface area contributed by atoms with Crippen molar-refractivity contribution in [1.82, 2.24) is 0 Å². The smallest absolute Gasteiger partial charge is 0.320 e. The molecule has 0 aromatic heterocycles. The first-order valence-electron chi connectivity index (χ1n) is 7.72. The van der Waals surface area contributed by atoms with E-state index in [1.54, 1.807) is 32.7 Å². The third kappa shape index (κ3) is 6.95. The summed E-state index contributed by atoms with van der Waals surface area (Å²) in [6.45, 7) is 3.96. The molecule has 128 valence electrons. The van der Waals surface area contributed by atoms with E-state index in [0.717, 1.165) is 22.8 Å². The van der Waals surface area contributed by atoms with Crippen molar-refractivity contribution in [2.75, 3.05) is 26.1 Å². The fraction of sp³-hybridized carbons (Fsp3) is 0.529. The van der Waals surface area contributed by atoms with E-state index in [2.05, 4.69) is 0 Å². The number of thioether (sulfide) groups is 1. The van der Waals surface area contributed by atoms with Crippen LogP contribution in [-0.2, 0) is 19.1 Å². The second-order valence-electron chi connectivity index (χ2n) is 4.72. The van der Waals surface area contributed by atoms with Crippen LogP contribution in [0.4, 0.5) is 0 Å². The number of benzene rings is 1. The van der Waals surface area contributed by atoms with Crippen molar-refractivity contribution in [2.45, 2.75) is 31.6 Å². The van der Waals surface area contributed by atoms with Crippen molar-refractivity contribution < 1.29 is 23.8 Å². The Hall–Kier alpha value is -1.69.